The van der Waals surface area contributed by atoms with E-state index in [0.29, 0.717) is 10.4 Å². The molecule has 0 fully saturated rings. The van der Waals surface area contributed by atoms with Crippen molar-refractivity contribution >= 4 is 33.5 Å². The highest BCUT2D eigenvalue weighted by Crippen LogP contribution is 2.16. The van der Waals surface area contributed by atoms with Crippen molar-refractivity contribution in [3.63, 3.8) is 0 Å². The fraction of sp³-hybridized carbons (Fsp3) is 0.250. The second kappa shape index (κ2) is 7.26. The number of aryl methyl sites for hydroxylation is 1. The summed E-state index contributed by atoms with van der Waals surface area (Å²) in [5, 5.41) is 2.70. The van der Waals surface area contributed by atoms with Gasteiger partial charge in [-0.3, -0.25) is 4.79 Å². The standard InChI is InChI=1S/C16H16BrNO4/c1-3-11-4-6-12(7-5-11)18-15(19)10(2)21-16(20)13-8-9-14(17)22-13/h4-10H,3H2,1-2H3,(H,18,19). The monoisotopic (exact) mass is 365 g/mol. The Morgan fingerprint density at radius 3 is 2.45 bits per heavy atom. The Balaban J connectivity index is 1.92. The third-order valence-corrected chi connectivity index (χ3v) is 3.48. The Labute approximate surface area is 136 Å². The predicted octanol–water partition coefficient (Wildman–Crippen LogP) is 3.79. The van der Waals surface area contributed by atoms with Crippen LogP contribution in [0, 0.1) is 0 Å². The third kappa shape index (κ3) is 4.21. The molecule has 1 heterocycles. The van der Waals surface area contributed by atoms with Crippen LogP contribution in [0.4, 0.5) is 5.69 Å². The first-order valence-electron chi connectivity index (χ1n) is 6.85. The summed E-state index contributed by atoms with van der Waals surface area (Å²) in [4.78, 5) is 23.8. The van der Waals surface area contributed by atoms with Gasteiger partial charge in [-0.05, 0) is 59.1 Å². The molecule has 1 unspecified atom stereocenters. The fourth-order valence-electron chi connectivity index (χ4n) is 1.76. The number of amides is 1. The maximum absolute atomic E-state index is 12.0. The van der Waals surface area contributed by atoms with Gasteiger partial charge in [-0.25, -0.2) is 4.79 Å². The minimum atomic E-state index is -0.928. The number of hydrogen-bond donors (Lipinski definition) is 1. The number of nitrogens with one attached hydrogen (secondary N) is 1. The maximum atomic E-state index is 12.0. The molecular formula is C16H16BrNO4. The van der Waals surface area contributed by atoms with Gasteiger partial charge >= 0.3 is 5.97 Å². The molecule has 0 aliphatic rings. The van der Waals surface area contributed by atoms with E-state index in [1.807, 2.05) is 24.3 Å². The molecule has 0 saturated carbocycles. The van der Waals surface area contributed by atoms with Crippen LogP contribution in [-0.2, 0) is 16.0 Å². The van der Waals surface area contributed by atoms with Crippen molar-refractivity contribution in [3.05, 3.63) is 52.4 Å². The van der Waals surface area contributed by atoms with Crippen LogP contribution in [0.1, 0.15) is 30.0 Å². The molecule has 1 aromatic heterocycles. The predicted molar refractivity (Wildman–Crippen MR) is 85.7 cm³/mol. The van der Waals surface area contributed by atoms with Gasteiger partial charge in [0.25, 0.3) is 5.91 Å². The number of ether oxygens (including phenoxy) is 1. The summed E-state index contributed by atoms with van der Waals surface area (Å²) in [5.74, 6) is -1.04. The molecule has 1 N–H and O–H groups in total. The van der Waals surface area contributed by atoms with Crippen LogP contribution in [0.15, 0.2) is 45.5 Å². The summed E-state index contributed by atoms with van der Waals surface area (Å²) in [6, 6.07) is 10.6. The molecular weight excluding hydrogens is 350 g/mol. The molecule has 0 radical (unpaired) electrons. The van der Waals surface area contributed by atoms with Gasteiger partial charge < -0.3 is 14.5 Å². The maximum Gasteiger partial charge on any atom is 0.375 e. The lowest BCUT2D eigenvalue weighted by molar-refractivity contribution is -0.123. The van der Waals surface area contributed by atoms with Crippen LogP contribution in [0.25, 0.3) is 0 Å². The molecule has 2 rings (SSSR count). The van der Waals surface area contributed by atoms with Crippen molar-refractivity contribution in [2.75, 3.05) is 5.32 Å². The number of carbonyl (C=O) groups excluding carboxylic acids is 2. The van der Waals surface area contributed by atoms with Crippen molar-refractivity contribution in [1.29, 1.82) is 0 Å². The van der Waals surface area contributed by atoms with Crippen molar-refractivity contribution in [3.8, 4) is 0 Å². The fourth-order valence-corrected chi connectivity index (χ4v) is 2.07. The van der Waals surface area contributed by atoms with Gasteiger partial charge in [0.1, 0.15) is 0 Å². The molecule has 0 spiro atoms. The molecule has 0 saturated heterocycles. The second-order valence-electron chi connectivity index (χ2n) is 4.69. The number of rotatable bonds is 5. The molecule has 116 valence electrons. The van der Waals surface area contributed by atoms with E-state index in [-0.39, 0.29) is 5.76 Å². The van der Waals surface area contributed by atoms with Crippen molar-refractivity contribution in [2.24, 2.45) is 0 Å². The minimum Gasteiger partial charge on any atom is -0.447 e. The third-order valence-electron chi connectivity index (χ3n) is 3.06. The first-order valence-corrected chi connectivity index (χ1v) is 7.65. The minimum absolute atomic E-state index is 0.0406. The quantitative estimate of drug-likeness (QED) is 0.818. The van der Waals surface area contributed by atoms with Gasteiger partial charge in [0, 0.05) is 5.69 Å². The van der Waals surface area contributed by atoms with E-state index in [0.717, 1.165) is 6.42 Å². The van der Waals surface area contributed by atoms with Gasteiger partial charge in [-0.2, -0.15) is 0 Å². The molecule has 6 heteroatoms. The van der Waals surface area contributed by atoms with E-state index in [9.17, 15) is 9.59 Å². The van der Waals surface area contributed by atoms with Crippen LogP contribution in [0.5, 0.6) is 0 Å². The Morgan fingerprint density at radius 1 is 1.23 bits per heavy atom. The summed E-state index contributed by atoms with van der Waals surface area (Å²) < 4.78 is 10.6. The molecule has 1 aromatic carbocycles. The van der Waals surface area contributed by atoms with Gasteiger partial charge in [-0.15, -0.1) is 0 Å². The van der Waals surface area contributed by atoms with Crippen molar-refractivity contribution < 1.29 is 18.7 Å². The number of benzene rings is 1. The van der Waals surface area contributed by atoms with Crippen molar-refractivity contribution in [2.45, 2.75) is 26.4 Å². The van der Waals surface area contributed by atoms with E-state index in [1.165, 1.54) is 18.6 Å². The molecule has 22 heavy (non-hydrogen) atoms. The zero-order chi connectivity index (χ0) is 16.1. The number of furan rings is 1. The van der Waals surface area contributed by atoms with Gasteiger partial charge in [0.05, 0.1) is 0 Å². The van der Waals surface area contributed by atoms with E-state index in [1.54, 1.807) is 6.07 Å². The molecule has 2 aromatic rings. The van der Waals surface area contributed by atoms with Crippen LogP contribution >= 0.6 is 15.9 Å². The summed E-state index contributed by atoms with van der Waals surface area (Å²) >= 11 is 3.10. The molecule has 5 nitrogen and oxygen atoms in total. The highest BCUT2D eigenvalue weighted by molar-refractivity contribution is 9.10. The SMILES string of the molecule is CCc1ccc(NC(=O)C(C)OC(=O)c2ccc(Br)o2)cc1. The van der Waals surface area contributed by atoms with E-state index in [4.69, 9.17) is 9.15 Å². The summed E-state index contributed by atoms with van der Waals surface area (Å²) in [5.41, 5.74) is 1.84. The first kappa shape index (κ1) is 16.3. The second-order valence-corrected chi connectivity index (χ2v) is 5.47. The number of halogens is 1. The molecule has 0 aliphatic carbocycles. The van der Waals surface area contributed by atoms with Crippen LogP contribution in [0.3, 0.4) is 0 Å². The molecule has 0 bridgehead atoms. The summed E-state index contributed by atoms with van der Waals surface area (Å²) in [6.45, 7) is 3.56. The van der Waals surface area contributed by atoms with Crippen molar-refractivity contribution in [1.82, 2.24) is 0 Å². The van der Waals surface area contributed by atoms with Crippen LogP contribution in [0.2, 0.25) is 0 Å². The Kier molecular flexibility index (Phi) is 5.38. The smallest absolute Gasteiger partial charge is 0.375 e. The van der Waals surface area contributed by atoms with Gasteiger partial charge in [0.15, 0.2) is 10.8 Å². The lowest BCUT2D eigenvalue weighted by atomic mass is 10.1. The van der Waals surface area contributed by atoms with Crippen LogP contribution < -0.4 is 5.32 Å². The largest absolute Gasteiger partial charge is 0.447 e. The average molecular weight is 366 g/mol. The number of anilines is 1. The highest BCUT2D eigenvalue weighted by Gasteiger charge is 2.21. The normalized spacial score (nSPS) is 11.8. The van der Waals surface area contributed by atoms with Gasteiger partial charge in [0.2, 0.25) is 5.76 Å². The zero-order valence-electron chi connectivity index (χ0n) is 12.3. The number of esters is 1. The Hall–Kier alpha value is -2.08. The summed E-state index contributed by atoms with van der Waals surface area (Å²) in [6.07, 6.45) is 0.00300. The number of carbonyl (C=O) groups is 2. The lowest BCUT2D eigenvalue weighted by Crippen LogP contribution is -2.29. The Morgan fingerprint density at radius 2 is 1.91 bits per heavy atom. The number of hydrogen-bond acceptors (Lipinski definition) is 4. The zero-order valence-corrected chi connectivity index (χ0v) is 13.8. The highest BCUT2D eigenvalue weighted by atomic mass is 79.9. The van der Waals surface area contributed by atoms with Crippen LogP contribution in [-0.4, -0.2) is 18.0 Å². The van der Waals surface area contributed by atoms with Gasteiger partial charge in [-0.1, -0.05) is 19.1 Å². The molecule has 0 aliphatic heterocycles. The first-order chi connectivity index (χ1) is 10.5. The molecule has 1 atom stereocenters. The summed E-state index contributed by atoms with van der Waals surface area (Å²) in [7, 11) is 0. The average Bonchev–Trinajstić information content (AvgIpc) is 2.94. The van der Waals surface area contributed by atoms with E-state index < -0.39 is 18.0 Å². The van der Waals surface area contributed by atoms with E-state index >= 15 is 0 Å². The lowest BCUT2D eigenvalue weighted by Gasteiger charge is -2.13. The molecule has 1 amide bonds. The topological polar surface area (TPSA) is 68.5 Å². The van der Waals surface area contributed by atoms with E-state index in [2.05, 4.69) is 28.2 Å². The Bertz CT molecular complexity index is 663.